The lowest BCUT2D eigenvalue weighted by molar-refractivity contribution is 0.296. The van der Waals surface area contributed by atoms with E-state index in [0.717, 1.165) is 11.5 Å². The van der Waals surface area contributed by atoms with Crippen molar-refractivity contribution in [3.05, 3.63) is 76.8 Å². The largest absolute Gasteiger partial charge is 0.497 e. The van der Waals surface area contributed by atoms with Crippen molar-refractivity contribution < 1.29 is 13.9 Å². The molecule has 3 aromatic rings. The maximum absolute atomic E-state index is 13.9. The van der Waals surface area contributed by atoms with Crippen LogP contribution >= 0.6 is 0 Å². The number of aromatic nitrogens is 2. The van der Waals surface area contributed by atoms with Crippen LogP contribution in [0.1, 0.15) is 6.42 Å². The van der Waals surface area contributed by atoms with Crippen LogP contribution in [-0.2, 0) is 6.54 Å². The van der Waals surface area contributed by atoms with Gasteiger partial charge < -0.3 is 9.47 Å². The Morgan fingerprint density at radius 2 is 1.73 bits per heavy atom. The first kappa shape index (κ1) is 17.7. The van der Waals surface area contributed by atoms with Gasteiger partial charge in [0.2, 0.25) is 0 Å². The van der Waals surface area contributed by atoms with Gasteiger partial charge in [0, 0.05) is 24.6 Å². The molecule has 0 fully saturated rings. The number of ether oxygens (including phenoxy) is 2. The predicted octanol–water partition coefficient (Wildman–Crippen LogP) is 3.53. The van der Waals surface area contributed by atoms with E-state index < -0.39 is 0 Å². The van der Waals surface area contributed by atoms with Crippen molar-refractivity contribution in [3.8, 4) is 22.8 Å². The zero-order chi connectivity index (χ0) is 18.4. The van der Waals surface area contributed by atoms with E-state index in [4.69, 9.17) is 9.47 Å². The molecule has 0 aliphatic carbocycles. The van der Waals surface area contributed by atoms with Gasteiger partial charge in [-0.05, 0) is 42.5 Å². The first-order chi connectivity index (χ1) is 12.7. The fourth-order valence-electron chi connectivity index (χ4n) is 2.50. The lowest BCUT2D eigenvalue weighted by atomic mass is 10.1. The van der Waals surface area contributed by atoms with Crippen LogP contribution in [0, 0.1) is 5.82 Å². The average Bonchev–Trinajstić information content (AvgIpc) is 2.67. The third kappa shape index (κ3) is 4.27. The van der Waals surface area contributed by atoms with Crippen molar-refractivity contribution in [1.82, 2.24) is 9.78 Å². The van der Waals surface area contributed by atoms with Crippen molar-refractivity contribution in [1.29, 1.82) is 0 Å². The maximum Gasteiger partial charge on any atom is 0.266 e. The topological polar surface area (TPSA) is 53.4 Å². The monoisotopic (exact) mass is 354 g/mol. The second-order valence-corrected chi connectivity index (χ2v) is 5.64. The SMILES string of the molecule is COc1ccc(OCCCn2nc(-c3ccccc3F)ccc2=O)cc1. The number of methoxy groups -OCH3 is 1. The standard InChI is InChI=1S/C20H19FN2O3/c1-25-15-7-9-16(10-8-15)26-14-4-13-23-20(24)12-11-19(22-23)17-5-2-3-6-18(17)21/h2-3,5-12H,4,13-14H2,1H3. The molecule has 134 valence electrons. The van der Waals surface area contributed by atoms with E-state index in [1.54, 1.807) is 25.3 Å². The van der Waals surface area contributed by atoms with Gasteiger partial charge in [0.25, 0.3) is 5.56 Å². The van der Waals surface area contributed by atoms with Gasteiger partial charge >= 0.3 is 0 Å². The van der Waals surface area contributed by atoms with Gasteiger partial charge in [0.05, 0.1) is 19.4 Å². The summed E-state index contributed by atoms with van der Waals surface area (Å²) in [6.07, 6.45) is 0.597. The van der Waals surface area contributed by atoms with Crippen molar-refractivity contribution >= 4 is 0 Å². The fourth-order valence-corrected chi connectivity index (χ4v) is 2.50. The lowest BCUT2D eigenvalue weighted by Gasteiger charge is -2.09. The highest BCUT2D eigenvalue weighted by atomic mass is 19.1. The second kappa shape index (κ2) is 8.29. The van der Waals surface area contributed by atoms with Crippen molar-refractivity contribution in [3.63, 3.8) is 0 Å². The van der Waals surface area contributed by atoms with Crippen molar-refractivity contribution in [2.24, 2.45) is 0 Å². The summed E-state index contributed by atoms with van der Waals surface area (Å²) in [6.45, 7) is 0.821. The summed E-state index contributed by atoms with van der Waals surface area (Å²) >= 11 is 0. The smallest absolute Gasteiger partial charge is 0.266 e. The third-order valence-electron chi connectivity index (χ3n) is 3.86. The molecule has 0 spiro atoms. The van der Waals surface area contributed by atoms with Crippen LogP contribution in [0.15, 0.2) is 65.5 Å². The first-order valence-corrected chi connectivity index (χ1v) is 8.27. The number of benzene rings is 2. The summed E-state index contributed by atoms with van der Waals surface area (Å²) in [5.41, 5.74) is 0.573. The highest BCUT2D eigenvalue weighted by Gasteiger charge is 2.07. The highest BCUT2D eigenvalue weighted by molar-refractivity contribution is 5.58. The first-order valence-electron chi connectivity index (χ1n) is 8.27. The Morgan fingerprint density at radius 3 is 2.46 bits per heavy atom. The molecule has 0 radical (unpaired) electrons. The molecule has 0 aliphatic rings. The number of aryl methyl sites for hydroxylation is 1. The Kier molecular flexibility index (Phi) is 5.63. The molecule has 26 heavy (non-hydrogen) atoms. The molecule has 0 saturated heterocycles. The van der Waals surface area contributed by atoms with Gasteiger partial charge in [-0.25, -0.2) is 9.07 Å². The van der Waals surface area contributed by atoms with E-state index in [1.165, 1.54) is 22.9 Å². The number of hydrogen-bond acceptors (Lipinski definition) is 4. The minimum Gasteiger partial charge on any atom is -0.497 e. The molecule has 0 bridgehead atoms. The molecular weight excluding hydrogens is 335 g/mol. The molecule has 6 heteroatoms. The molecule has 1 heterocycles. The molecule has 0 N–H and O–H groups in total. The zero-order valence-corrected chi connectivity index (χ0v) is 14.4. The Labute approximate surface area is 150 Å². The zero-order valence-electron chi connectivity index (χ0n) is 14.4. The molecule has 2 aromatic carbocycles. The molecular formula is C20H19FN2O3. The Bertz CT molecular complexity index is 923. The van der Waals surface area contributed by atoms with E-state index in [9.17, 15) is 9.18 Å². The lowest BCUT2D eigenvalue weighted by Crippen LogP contribution is -2.23. The van der Waals surface area contributed by atoms with Crippen LogP contribution in [0.2, 0.25) is 0 Å². The van der Waals surface area contributed by atoms with Crippen LogP contribution in [0.5, 0.6) is 11.5 Å². The van der Waals surface area contributed by atoms with Crippen LogP contribution in [-0.4, -0.2) is 23.5 Å². The maximum atomic E-state index is 13.9. The molecule has 5 nitrogen and oxygen atoms in total. The molecule has 0 aliphatic heterocycles. The quantitative estimate of drug-likeness (QED) is 0.609. The van der Waals surface area contributed by atoms with E-state index in [-0.39, 0.29) is 11.4 Å². The second-order valence-electron chi connectivity index (χ2n) is 5.64. The average molecular weight is 354 g/mol. The Hall–Kier alpha value is -3.15. The number of nitrogens with zero attached hydrogens (tertiary/aromatic N) is 2. The number of hydrogen-bond donors (Lipinski definition) is 0. The van der Waals surface area contributed by atoms with Gasteiger partial charge in [-0.1, -0.05) is 12.1 Å². The van der Waals surface area contributed by atoms with Crippen molar-refractivity contribution in [2.75, 3.05) is 13.7 Å². The molecule has 3 rings (SSSR count). The predicted molar refractivity (Wildman–Crippen MR) is 97.0 cm³/mol. The summed E-state index contributed by atoms with van der Waals surface area (Å²) in [5, 5.41) is 4.26. The minimum atomic E-state index is -0.368. The summed E-state index contributed by atoms with van der Waals surface area (Å²) in [5.74, 6) is 1.12. The molecule has 0 amide bonds. The Balaban J connectivity index is 1.61. The van der Waals surface area contributed by atoms with E-state index >= 15 is 0 Å². The third-order valence-corrected chi connectivity index (χ3v) is 3.86. The van der Waals surface area contributed by atoms with E-state index in [0.29, 0.717) is 30.8 Å². The normalized spacial score (nSPS) is 10.5. The van der Waals surface area contributed by atoms with Gasteiger partial charge in [0.15, 0.2) is 0 Å². The van der Waals surface area contributed by atoms with Crippen LogP contribution in [0.3, 0.4) is 0 Å². The van der Waals surface area contributed by atoms with Gasteiger partial charge in [-0.2, -0.15) is 5.10 Å². The van der Waals surface area contributed by atoms with Gasteiger partial charge in [-0.15, -0.1) is 0 Å². The molecule has 0 unspecified atom stereocenters. The summed E-state index contributed by atoms with van der Waals surface area (Å²) in [7, 11) is 1.61. The van der Waals surface area contributed by atoms with Crippen molar-refractivity contribution in [2.45, 2.75) is 13.0 Å². The van der Waals surface area contributed by atoms with Crippen LogP contribution < -0.4 is 15.0 Å². The number of halogens is 1. The summed E-state index contributed by atoms with van der Waals surface area (Å²) in [6, 6.07) is 16.6. The van der Waals surface area contributed by atoms with Crippen LogP contribution in [0.25, 0.3) is 11.3 Å². The molecule has 1 aromatic heterocycles. The minimum absolute atomic E-state index is 0.227. The summed E-state index contributed by atoms with van der Waals surface area (Å²) < 4.78 is 26.0. The van der Waals surface area contributed by atoms with E-state index in [2.05, 4.69) is 5.10 Å². The Morgan fingerprint density at radius 1 is 1.00 bits per heavy atom. The van der Waals surface area contributed by atoms with Crippen LogP contribution in [0.4, 0.5) is 4.39 Å². The van der Waals surface area contributed by atoms with E-state index in [1.807, 2.05) is 24.3 Å². The fraction of sp³-hybridized carbons (Fsp3) is 0.200. The van der Waals surface area contributed by atoms with Gasteiger partial charge in [0.1, 0.15) is 17.3 Å². The highest BCUT2D eigenvalue weighted by Crippen LogP contribution is 2.19. The summed E-state index contributed by atoms with van der Waals surface area (Å²) in [4.78, 5) is 12.0. The molecule has 0 atom stereocenters. The van der Waals surface area contributed by atoms with Gasteiger partial charge in [-0.3, -0.25) is 4.79 Å². The number of rotatable bonds is 7. The molecule has 0 saturated carbocycles.